The van der Waals surface area contributed by atoms with Gasteiger partial charge in [0.2, 0.25) is 0 Å². The van der Waals surface area contributed by atoms with Crippen LogP contribution >= 0.6 is 0 Å². The second kappa shape index (κ2) is 7.85. The molecule has 2 atom stereocenters. The van der Waals surface area contributed by atoms with Crippen molar-refractivity contribution in [1.82, 2.24) is 10.2 Å². The highest BCUT2D eigenvalue weighted by Gasteiger charge is 2.36. The van der Waals surface area contributed by atoms with E-state index in [0.717, 1.165) is 25.9 Å². The Hall–Kier alpha value is -0.610. The third-order valence-corrected chi connectivity index (χ3v) is 4.23. The monoisotopic (exact) mass is 270 g/mol. The van der Waals surface area contributed by atoms with E-state index in [0.29, 0.717) is 12.6 Å². The standard InChI is InChI=1S/C15H30N2O2/c1-4-10-16-15(3,14(18)19)12-17-11-8-6-7-9-13(17)5-2/h13,16H,4-12H2,1-3H3,(H,18,19). The van der Waals surface area contributed by atoms with Crippen molar-refractivity contribution in [3.63, 3.8) is 0 Å². The second-order valence-corrected chi connectivity index (χ2v) is 5.95. The zero-order valence-electron chi connectivity index (χ0n) is 12.7. The summed E-state index contributed by atoms with van der Waals surface area (Å²) in [5.41, 5.74) is -0.826. The van der Waals surface area contributed by atoms with Crippen molar-refractivity contribution >= 4 is 5.97 Å². The number of hydrogen-bond donors (Lipinski definition) is 2. The Morgan fingerprint density at radius 3 is 2.68 bits per heavy atom. The molecular formula is C15H30N2O2. The molecule has 0 aliphatic carbocycles. The topological polar surface area (TPSA) is 52.6 Å². The van der Waals surface area contributed by atoms with E-state index < -0.39 is 11.5 Å². The number of nitrogens with zero attached hydrogens (tertiary/aromatic N) is 1. The van der Waals surface area contributed by atoms with Crippen LogP contribution in [0.3, 0.4) is 0 Å². The molecule has 1 rings (SSSR count). The van der Waals surface area contributed by atoms with Gasteiger partial charge in [-0.1, -0.05) is 26.7 Å². The maximum Gasteiger partial charge on any atom is 0.324 e. The van der Waals surface area contributed by atoms with Crippen LogP contribution < -0.4 is 5.32 Å². The third-order valence-electron chi connectivity index (χ3n) is 4.23. The average Bonchev–Trinajstić information content (AvgIpc) is 2.61. The first-order valence-electron chi connectivity index (χ1n) is 7.76. The average molecular weight is 270 g/mol. The van der Waals surface area contributed by atoms with Gasteiger partial charge in [-0.2, -0.15) is 0 Å². The van der Waals surface area contributed by atoms with Crippen molar-refractivity contribution in [3.05, 3.63) is 0 Å². The summed E-state index contributed by atoms with van der Waals surface area (Å²) in [5, 5.41) is 12.7. The summed E-state index contributed by atoms with van der Waals surface area (Å²) in [5.74, 6) is -0.736. The predicted molar refractivity (Wildman–Crippen MR) is 78.5 cm³/mol. The van der Waals surface area contributed by atoms with Gasteiger partial charge in [0.1, 0.15) is 5.54 Å². The lowest BCUT2D eigenvalue weighted by Gasteiger charge is -2.36. The van der Waals surface area contributed by atoms with Crippen molar-refractivity contribution in [2.24, 2.45) is 0 Å². The Kier molecular flexibility index (Phi) is 6.80. The molecule has 0 aromatic rings. The molecule has 19 heavy (non-hydrogen) atoms. The minimum atomic E-state index is -0.826. The van der Waals surface area contributed by atoms with E-state index in [1.165, 1.54) is 25.7 Å². The lowest BCUT2D eigenvalue weighted by molar-refractivity contribution is -0.145. The zero-order valence-corrected chi connectivity index (χ0v) is 12.7. The Morgan fingerprint density at radius 1 is 1.37 bits per heavy atom. The Balaban J connectivity index is 2.72. The minimum Gasteiger partial charge on any atom is -0.480 e. The number of carboxylic acid groups (broad SMARTS) is 1. The molecule has 0 saturated carbocycles. The molecule has 0 aromatic heterocycles. The number of carbonyl (C=O) groups is 1. The van der Waals surface area contributed by atoms with Crippen LogP contribution in [0.25, 0.3) is 0 Å². The van der Waals surface area contributed by atoms with Gasteiger partial charge in [0.05, 0.1) is 0 Å². The molecule has 0 aromatic carbocycles. The molecule has 1 saturated heterocycles. The lowest BCUT2D eigenvalue weighted by atomic mass is 9.99. The highest BCUT2D eigenvalue weighted by Crippen LogP contribution is 2.21. The van der Waals surface area contributed by atoms with Gasteiger partial charge in [0.25, 0.3) is 0 Å². The van der Waals surface area contributed by atoms with Crippen molar-refractivity contribution in [3.8, 4) is 0 Å². The first kappa shape index (κ1) is 16.4. The van der Waals surface area contributed by atoms with Crippen LogP contribution in [0, 0.1) is 0 Å². The molecule has 4 heteroatoms. The Labute approximate surface area is 117 Å². The number of likely N-dealkylation sites (tertiary alicyclic amines) is 1. The minimum absolute atomic E-state index is 0.546. The van der Waals surface area contributed by atoms with Crippen LogP contribution in [0.2, 0.25) is 0 Å². The van der Waals surface area contributed by atoms with E-state index >= 15 is 0 Å². The van der Waals surface area contributed by atoms with E-state index in [2.05, 4.69) is 24.1 Å². The van der Waals surface area contributed by atoms with Crippen LogP contribution in [0.1, 0.15) is 59.3 Å². The molecule has 0 bridgehead atoms. The first-order valence-corrected chi connectivity index (χ1v) is 7.76. The number of rotatable bonds is 7. The lowest BCUT2D eigenvalue weighted by Crippen LogP contribution is -2.58. The van der Waals surface area contributed by atoms with E-state index in [9.17, 15) is 9.90 Å². The van der Waals surface area contributed by atoms with Gasteiger partial charge in [-0.15, -0.1) is 0 Å². The van der Waals surface area contributed by atoms with Crippen LogP contribution in [0.4, 0.5) is 0 Å². The molecule has 0 spiro atoms. The number of hydrogen-bond acceptors (Lipinski definition) is 3. The van der Waals surface area contributed by atoms with Crippen LogP contribution in [-0.4, -0.2) is 47.2 Å². The molecule has 0 amide bonds. The molecule has 2 unspecified atom stereocenters. The Bertz CT molecular complexity index is 283. The molecule has 0 radical (unpaired) electrons. The maximum atomic E-state index is 11.6. The van der Waals surface area contributed by atoms with Gasteiger partial charge >= 0.3 is 5.97 Å². The highest BCUT2D eigenvalue weighted by atomic mass is 16.4. The van der Waals surface area contributed by atoms with Gasteiger partial charge < -0.3 is 10.4 Å². The fourth-order valence-corrected chi connectivity index (χ4v) is 2.91. The largest absolute Gasteiger partial charge is 0.480 e. The van der Waals surface area contributed by atoms with E-state index in [4.69, 9.17) is 0 Å². The quantitative estimate of drug-likeness (QED) is 0.746. The molecule has 2 N–H and O–H groups in total. The van der Waals surface area contributed by atoms with Gasteiger partial charge in [0, 0.05) is 12.6 Å². The summed E-state index contributed by atoms with van der Waals surface area (Å²) in [6, 6.07) is 0.546. The fraction of sp³-hybridized carbons (Fsp3) is 0.933. The molecule has 1 heterocycles. The van der Waals surface area contributed by atoms with Crippen molar-refractivity contribution in [1.29, 1.82) is 0 Å². The van der Waals surface area contributed by atoms with Gasteiger partial charge in [-0.25, -0.2) is 0 Å². The highest BCUT2D eigenvalue weighted by molar-refractivity contribution is 5.78. The molecule has 1 aliphatic heterocycles. The smallest absolute Gasteiger partial charge is 0.324 e. The summed E-state index contributed by atoms with van der Waals surface area (Å²) >= 11 is 0. The van der Waals surface area contributed by atoms with Crippen LogP contribution in [-0.2, 0) is 4.79 Å². The molecule has 1 aliphatic rings. The first-order chi connectivity index (χ1) is 9.03. The van der Waals surface area contributed by atoms with Gasteiger partial charge in [-0.05, 0) is 45.7 Å². The predicted octanol–water partition coefficient (Wildman–Crippen LogP) is 2.48. The van der Waals surface area contributed by atoms with Crippen molar-refractivity contribution in [2.45, 2.75) is 70.9 Å². The molecular weight excluding hydrogens is 240 g/mol. The Morgan fingerprint density at radius 2 is 2.11 bits per heavy atom. The number of carboxylic acids is 1. The third kappa shape index (κ3) is 4.77. The number of nitrogens with one attached hydrogen (secondary N) is 1. The molecule has 4 nitrogen and oxygen atoms in total. The second-order valence-electron chi connectivity index (χ2n) is 5.95. The fourth-order valence-electron chi connectivity index (χ4n) is 2.91. The van der Waals surface area contributed by atoms with E-state index in [-0.39, 0.29) is 0 Å². The van der Waals surface area contributed by atoms with Crippen molar-refractivity contribution < 1.29 is 9.90 Å². The van der Waals surface area contributed by atoms with Crippen LogP contribution in [0.5, 0.6) is 0 Å². The summed E-state index contributed by atoms with van der Waals surface area (Å²) in [6.07, 6.45) is 7.03. The normalized spacial score (nSPS) is 24.7. The summed E-state index contributed by atoms with van der Waals surface area (Å²) in [6.45, 7) is 8.50. The molecule has 112 valence electrons. The summed E-state index contributed by atoms with van der Waals surface area (Å²) in [4.78, 5) is 14.0. The number of aliphatic carboxylic acids is 1. The van der Waals surface area contributed by atoms with Crippen LogP contribution in [0.15, 0.2) is 0 Å². The maximum absolute atomic E-state index is 11.6. The van der Waals surface area contributed by atoms with E-state index in [1.807, 2.05) is 6.92 Å². The summed E-state index contributed by atoms with van der Waals surface area (Å²) < 4.78 is 0. The van der Waals surface area contributed by atoms with Gasteiger partial charge in [-0.3, -0.25) is 9.69 Å². The van der Waals surface area contributed by atoms with Crippen molar-refractivity contribution in [2.75, 3.05) is 19.6 Å². The molecule has 1 fully saturated rings. The SMILES string of the molecule is CCCNC(C)(CN1CCCCCC1CC)C(=O)O. The van der Waals surface area contributed by atoms with E-state index in [1.54, 1.807) is 0 Å². The van der Waals surface area contributed by atoms with Gasteiger partial charge in [0.15, 0.2) is 0 Å². The summed E-state index contributed by atoms with van der Waals surface area (Å²) in [7, 11) is 0. The zero-order chi connectivity index (χ0) is 14.3.